The molecule has 0 aromatic heterocycles. The molecule has 4 heteroatoms. The third-order valence-electron chi connectivity index (χ3n) is 3.68. The summed E-state index contributed by atoms with van der Waals surface area (Å²) in [5.41, 5.74) is 3.03. The molecule has 2 rings (SSSR count). The standard InChI is InChI=1S/C15H21ClN2O/c1-12-3-4-13(2)14(11-12)15(19)18-9-7-17(6-5-16)8-10-18/h3-4,11H,5-10H2,1-2H3. The van der Waals surface area contributed by atoms with Gasteiger partial charge in [-0.3, -0.25) is 9.69 Å². The van der Waals surface area contributed by atoms with Gasteiger partial charge in [0.1, 0.15) is 0 Å². The van der Waals surface area contributed by atoms with E-state index in [-0.39, 0.29) is 5.91 Å². The summed E-state index contributed by atoms with van der Waals surface area (Å²) in [7, 11) is 0. The van der Waals surface area contributed by atoms with E-state index in [0.717, 1.165) is 49.4 Å². The van der Waals surface area contributed by atoms with Gasteiger partial charge in [0, 0.05) is 44.2 Å². The molecule has 0 N–H and O–H groups in total. The highest BCUT2D eigenvalue weighted by atomic mass is 35.5. The van der Waals surface area contributed by atoms with E-state index in [1.54, 1.807) is 0 Å². The van der Waals surface area contributed by atoms with Crippen LogP contribution < -0.4 is 0 Å². The van der Waals surface area contributed by atoms with Gasteiger partial charge in [-0.1, -0.05) is 17.7 Å². The van der Waals surface area contributed by atoms with E-state index in [9.17, 15) is 4.79 Å². The Morgan fingerprint density at radius 2 is 1.89 bits per heavy atom. The van der Waals surface area contributed by atoms with Crippen molar-refractivity contribution in [2.45, 2.75) is 13.8 Å². The summed E-state index contributed by atoms with van der Waals surface area (Å²) >= 11 is 5.75. The third-order valence-corrected chi connectivity index (χ3v) is 3.85. The maximum absolute atomic E-state index is 12.5. The fourth-order valence-electron chi connectivity index (χ4n) is 2.43. The number of piperazine rings is 1. The van der Waals surface area contributed by atoms with Crippen LogP contribution in [0.4, 0.5) is 0 Å². The van der Waals surface area contributed by atoms with Crippen molar-refractivity contribution in [2.24, 2.45) is 0 Å². The fraction of sp³-hybridized carbons (Fsp3) is 0.533. The number of carbonyl (C=O) groups excluding carboxylic acids is 1. The minimum Gasteiger partial charge on any atom is -0.336 e. The van der Waals surface area contributed by atoms with Crippen molar-refractivity contribution < 1.29 is 4.79 Å². The first kappa shape index (κ1) is 14.4. The molecule has 0 radical (unpaired) electrons. The second kappa shape index (κ2) is 6.40. The fourth-order valence-corrected chi connectivity index (χ4v) is 2.67. The van der Waals surface area contributed by atoms with Crippen molar-refractivity contribution >= 4 is 17.5 Å². The number of amides is 1. The molecule has 0 aliphatic carbocycles. The lowest BCUT2D eigenvalue weighted by Crippen LogP contribution is -2.49. The number of hydrogen-bond acceptors (Lipinski definition) is 2. The quantitative estimate of drug-likeness (QED) is 0.793. The minimum absolute atomic E-state index is 0.159. The summed E-state index contributed by atoms with van der Waals surface area (Å²) in [6, 6.07) is 6.06. The van der Waals surface area contributed by atoms with Crippen molar-refractivity contribution in [3.8, 4) is 0 Å². The van der Waals surface area contributed by atoms with Gasteiger partial charge >= 0.3 is 0 Å². The van der Waals surface area contributed by atoms with Crippen LogP contribution in [0.5, 0.6) is 0 Å². The highest BCUT2D eigenvalue weighted by Gasteiger charge is 2.22. The summed E-state index contributed by atoms with van der Waals surface area (Å²) in [4.78, 5) is 16.8. The number of benzene rings is 1. The molecule has 0 spiro atoms. The first-order valence-electron chi connectivity index (χ1n) is 6.76. The highest BCUT2D eigenvalue weighted by Crippen LogP contribution is 2.15. The lowest BCUT2D eigenvalue weighted by molar-refractivity contribution is 0.0643. The largest absolute Gasteiger partial charge is 0.336 e. The molecule has 0 bridgehead atoms. The second-order valence-corrected chi connectivity index (χ2v) is 5.52. The molecule has 1 aliphatic rings. The monoisotopic (exact) mass is 280 g/mol. The van der Waals surface area contributed by atoms with E-state index in [2.05, 4.69) is 4.90 Å². The van der Waals surface area contributed by atoms with E-state index in [1.807, 2.05) is 36.9 Å². The molecule has 1 aromatic rings. The van der Waals surface area contributed by atoms with Gasteiger partial charge in [-0.25, -0.2) is 0 Å². The maximum Gasteiger partial charge on any atom is 0.254 e. The van der Waals surface area contributed by atoms with Gasteiger partial charge in [0.15, 0.2) is 0 Å². The smallest absolute Gasteiger partial charge is 0.254 e. The zero-order chi connectivity index (χ0) is 13.8. The predicted molar refractivity (Wildman–Crippen MR) is 79.0 cm³/mol. The average molecular weight is 281 g/mol. The molecule has 0 atom stereocenters. The normalized spacial score (nSPS) is 16.7. The van der Waals surface area contributed by atoms with E-state index in [4.69, 9.17) is 11.6 Å². The van der Waals surface area contributed by atoms with Crippen LogP contribution in [0.2, 0.25) is 0 Å². The van der Waals surface area contributed by atoms with E-state index < -0.39 is 0 Å². The van der Waals surface area contributed by atoms with Crippen molar-refractivity contribution in [1.82, 2.24) is 9.80 Å². The molecule has 1 fully saturated rings. The molecule has 0 unspecified atom stereocenters. The number of halogens is 1. The van der Waals surface area contributed by atoms with Crippen LogP contribution in [0.3, 0.4) is 0 Å². The zero-order valence-corrected chi connectivity index (χ0v) is 12.4. The number of rotatable bonds is 3. The van der Waals surface area contributed by atoms with Gasteiger partial charge in [0.25, 0.3) is 5.91 Å². The summed E-state index contributed by atoms with van der Waals surface area (Å²) in [6.45, 7) is 8.36. The lowest BCUT2D eigenvalue weighted by atomic mass is 10.0. The van der Waals surface area contributed by atoms with Crippen LogP contribution in [0.1, 0.15) is 21.5 Å². The first-order chi connectivity index (χ1) is 9.11. The lowest BCUT2D eigenvalue weighted by Gasteiger charge is -2.34. The molecule has 1 aromatic carbocycles. The molecule has 1 aliphatic heterocycles. The van der Waals surface area contributed by atoms with Crippen molar-refractivity contribution in [3.05, 3.63) is 34.9 Å². The summed E-state index contributed by atoms with van der Waals surface area (Å²) in [5.74, 6) is 0.817. The van der Waals surface area contributed by atoms with Crippen LogP contribution in [0, 0.1) is 13.8 Å². The number of nitrogens with zero attached hydrogens (tertiary/aromatic N) is 2. The van der Waals surface area contributed by atoms with Gasteiger partial charge in [-0.2, -0.15) is 0 Å². The van der Waals surface area contributed by atoms with Crippen LogP contribution >= 0.6 is 11.6 Å². The number of alkyl halides is 1. The van der Waals surface area contributed by atoms with Gasteiger partial charge in [-0.05, 0) is 25.5 Å². The van der Waals surface area contributed by atoms with Gasteiger partial charge in [0.05, 0.1) is 0 Å². The van der Waals surface area contributed by atoms with Gasteiger partial charge in [0.2, 0.25) is 0 Å². The summed E-state index contributed by atoms with van der Waals surface area (Å²) < 4.78 is 0. The molecular formula is C15H21ClN2O. The Bertz CT molecular complexity index is 453. The van der Waals surface area contributed by atoms with E-state index in [1.165, 1.54) is 0 Å². The molecule has 1 heterocycles. The van der Waals surface area contributed by atoms with Crippen molar-refractivity contribution in [2.75, 3.05) is 38.6 Å². The highest BCUT2D eigenvalue weighted by molar-refractivity contribution is 6.18. The zero-order valence-electron chi connectivity index (χ0n) is 11.7. The van der Waals surface area contributed by atoms with E-state index >= 15 is 0 Å². The Balaban J connectivity index is 2.03. The molecule has 1 saturated heterocycles. The van der Waals surface area contributed by atoms with Crippen LogP contribution in [0.15, 0.2) is 18.2 Å². The Labute approximate surface area is 120 Å². The van der Waals surface area contributed by atoms with Crippen molar-refractivity contribution in [1.29, 1.82) is 0 Å². The SMILES string of the molecule is Cc1ccc(C)c(C(=O)N2CCN(CCCl)CC2)c1. The maximum atomic E-state index is 12.5. The summed E-state index contributed by atoms with van der Waals surface area (Å²) in [5, 5.41) is 0. The first-order valence-corrected chi connectivity index (χ1v) is 7.30. The molecule has 104 valence electrons. The number of carbonyl (C=O) groups is 1. The second-order valence-electron chi connectivity index (χ2n) is 5.14. The van der Waals surface area contributed by atoms with Crippen LogP contribution in [0.25, 0.3) is 0 Å². The number of aryl methyl sites for hydroxylation is 2. The number of hydrogen-bond donors (Lipinski definition) is 0. The molecule has 3 nitrogen and oxygen atoms in total. The molecule has 0 saturated carbocycles. The molecule has 19 heavy (non-hydrogen) atoms. The Morgan fingerprint density at radius 3 is 2.53 bits per heavy atom. The van der Waals surface area contributed by atoms with E-state index in [0.29, 0.717) is 5.88 Å². The third kappa shape index (κ3) is 3.48. The van der Waals surface area contributed by atoms with Gasteiger partial charge in [-0.15, -0.1) is 11.6 Å². The summed E-state index contributed by atoms with van der Waals surface area (Å²) in [6.07, 6.45) is 0. The Kier molecular flexibility index (Phi) is 4.83. The van der Waals surface area contributed by atoms with Crippen LogP contribution in [-0.2, 0) is 0 Å². The topological polar surface area (TPSA) is 23.6 Å². The minimum atomic E-state index is 0.159. The Hall–Kier alpha value is -1.06. The van der Waals surface area contributed by atoms with Crippen LogP contribution in [-0.4, -0.2) is 54.3 Å². The molecule has 1 amide bonds. The Morgan fingerprint density at radius 1 is 1.21 bits per heavy atom. The van der Waals surface area contributed by atoms with Gasteiger partial charge < -0.3 is 4.90 Å². The molecular weight excluding hydrogens is 260 g/mol. The van der Waals surface area contributed by atoms with Crippen molar-refractivity contribution in [3.63, 3.8) is 0 Å². The average Bonchev–Trinajstić information content (AvgIpc) is 2.42. The predicted octanol–water partition coefficient (Wildman–Crippen LogP) is 2.30.